The van der Waals surface area contributed by atoms with Gasteiger partial charge < -0.3 is 15.8 Å². The molecule has 3 N–H and O–H groups in total. The zero-order chi connectivity index (χ0) is 13.0. The van der Waals surface area contributed by atoms with Gasteiger partial charge in [-0.15, -0.1) is 0 Å². The fraction of sp³-hybridized carbons (Fsp3) is 0.167. The summed E-state index contributed by atoms with van der Waals surface area (Å²) < 4.78 is 18.7. The molecule has 6 heteroatoms. The van der Waals surface area contributed by atoms with Gasteiger partial charge in [0, 0.05) is 11.8 Å². The topological polar surface area (TPSA) is 73.1 Å². The van der Waals surface area contributed by atoms with Crippen LogP contribution >= 0.6 is 0 Å². The van der Waals surface area contributed by atoms with Gasteiger partial charge in [-0.25, -0.2) is 14.4 Å². The van der Waals surface area contributed by atoms with Gasteiger partial charge in [-0.3, -0.25) is 0 Å². The average Bonchev–Trinajstić information content (AvgIpc) is 2.36. The molecule has 1 heterocycles. The van der Waals surface area contributed by atoms with E-state index in [0.717, 1.165) is 0 Å². The van der Waals surface area contributed by atoms with Crippen LogP contribution in [0.25, 0.3) is 0 Å². The molecule has 0 amide bonds. The van der Waals surface area contributed by atoms with Crippen LogP contribution in [0.2, 0.25) is 0 Å². The molecule has 0 atom stereocenters. The smallest absolute Gasteiger partial charge is 0.227 e. The van der Waals surface area contributed by atoms with Crippen LogP contribution in [-0.2, 0) is 0 Å². The molecule has 0 unspecified atom stereocenters. The Morgan fingerprint density at radius 1 is 1.33 bits per heavy atom. The summed E-state index contributed by atoms with van der Waals surface area (Å²) in [6.07, 6.45) is 2.94. The van der Waals surface area contributed by atoms with Gasteiger partial charge in [0.15, 0.2) is 11.6 Å². The summed E-state index contributed by atoms with van der Waals surface area (Å²) in [5, 5.41) is 2.87. The number of rotatable bonds is 4. The van der Waals surface area contributed by atoms with Crippen molar-refractivity contribution in [1.82, 2.24) is 9.97 Å². The lowest BCUT2D eigenvalue weighted by molar-refractivity contribution is 0.321. The van der Waals surface area contributed by atoms with E-state index in [1.807, 2.05) is 0 Å². The van der Waals surface area contributed by atoms with Crippen molar-refractivity contribution in [3.05, 3.63) is 36.4 Å². The highest BCUT2D eigenvalue weighted by atomic mass is 19.1. The number of benzene rings is 1. The molecule has 0 spiro atoms. The average molecular weight is 248 g/mol. The molecular formula is C12H13FN4O. The number of nitrogens with one attached hydrogen (secondary N) is 1. The summed E-state index contributed by atoms with van der Waals surface area (Å²) in [5.74, 6) is 0.145. The first-order chi connectivity index (χ1) is 8.69. The first-order valence-corrected chi connectivity index (χ1v) is 5.46. The standard InChI is InChI=1S/C12H13FN4O/c1-2-18-11-4-3-9(5-10(11)13)17-12-15-6-8(14)7-16-12/h3-7H,2,14H2,1H3,(H,15,16,17). The number of halogens is 1. The maximum absolute atomic E-state index is 13.6. The largest absolute Gasteiger partial charge is 0.491 e. The summed E-state index contributed by atoms with van der Waals surface area (Å²) in [7, 11) is 0. The monoisotopic (exact) mass is 248 g/mol. The molecular weight excluding hydrogens is 235 g/mol. The molecule has 94 valence electrons. The van der Waals surface area contributed by atoms with Crippen LogP contribution < -0.4 is 15.8 Å². The third-order valence-corrected chi connectivity index (χ3v) is 2.16. The lowest BCUT2D eigenvalue weighted by atomic mass is 10.3. The van der Waals surface area contributed by atoms with Gasteiger partial charge in [0.2, 0.25) is 5.95 Å². The van der Waals surface area contributed by atoms with E-state index in [-0.39, 0.29) is 5.75 Å². The summed E-state index contributed by atoms with van der Waals surface area (Å²) >= 11 is 0. The van der Waals surface area contributed by atoms with Gasteiger partial charge in [0.05, 0.1) is 24.7 Å². The number of aromatic nitrogens is 2. The predicted molar refractivity (Wildman–Crippen MR) is 67.3 cm³/mol. The third-order valence-electron chi connectivity index (χ3n) is 2.16. The van der Waals surface area contributed by atoms with Gasteiger partial charge in [-0.05, 0) is 19.1 Å². The van der Waals surface area contributed by atoms with E-state index in [9.17, 15) is 4.39 Å². The van der Waals surface area contributed by atoms with Crippen molar-refractivity contribution in [2.45, 2.75) is 6.92 Å². The molecule has 0 bridgehead atoms. The number of ether oxygens (including phenoxy) is 1. The first-order valence-electron chi connectivity index (χ1n) is 5.46. The third kappa shape index (κ3) is 2.85. The number of nitrogens with two attached hydrogens (primary N) is 1. The fourth-order valence-electron chi connectivity index (χ4n) is 1.38. The van der Waals surface area contributed by atoms with E-state index in [2.05, 4.69) is 15.3 Å². The summed E-state index contributed by atoms with van der Waals surface area (Å²) in [6, 6.07) is 4.57. The highest BCUT2D eigenvalue weighted by Crippen LogP contribution is 2.22. The summed E-state index contributed by atoms with van der Waals surface area (Å²) in [4.78, 5) is 7.92. The first kappa shape index (κ1) is 12.1. The minimum Gasteiger partial charge on any atom is -0.491 e. The van der Waals surface area contributed by atoms with Crippen molar-refractivity contribution < 1.29 is 9.13 Å². The minimum absolute atomic E-state index is 0.223. The SMILES string of the molecule is CCOc1ccc(Nc2ncc(N)cn2)cc1F. The van der Waals surface area contributed by atoms with E-state index in [0.29, 0.717) is 23.9 Å². The van der Waals surface area contributed by atoms with Gasteiger partial charge in [0.1, 0.15) is 0 Å². The van der Waals surface area contributed by atoms with Crippen LogP contribution in [-0.4, -0.2) is 16.6 Å². The van der Waals surface area contributed by atoms with Crippen LogP contribution in [0.4, 0.5) is 21.7 Å². The zero-order valence-corrected chi connectivity index (χ0v) is 9.85. The van der Waals surface area contributed by atoms with Crippen molar-refractivity contribution in [1.29, 1.82) is 0 Å². The lowest BCUT2D eigenvalue weighted by Crippen LogP contribution is -1.99. The highest BCUT2D eigenvalue weighted by molar-refractivity contribution is 5.55. The molecule has 0 aliphatic carbocycles. The Bertz CT molecular complexity index is 530. The van der Waals surface area contributed by atoms with E-state index >= 15 is 0 Å². The Balaban J connectivity index is 2.14. The molecule has 0 fully saturated rings. The van der Waals surface area contributed by atoms with Crippen molar-refractivity contribution in [3.8, 4) is 5.75 Å². The second-order valence-electron chi connectivity index (χ2n) is 3.54. The van der Waals surface area contributed by atoms with Gasteiger partial charge in [0.25, 0.3) is 0 Å². The summed E-state index contributed by atoms with van der Waals surface area (Å²) in [6.45, 7) is 2.22. The van der Waals surface area contributed by atoms with Crippen molar-refractivity contribution in [3.63, 3.8) is 0 Å². The molecule has 0 radical (unpaired) electrons. The molecule has 1 aromatic heterocycles. The Labute approximate surface area is 104 Å². The van der Waals surface area contributed by atoms with Crippen LogP contribution in [0.3, 0.4) is 0 Å². The molecule has 2 aromatic rings. The molecule has 5 nitrogen and oxygen atoms in total. The predicted octanol–water partition coefficient (Wildman–Crippen LogP) is 2.34. The van der Waals surface area contributed by atoms with Crippen LogP contribution in [0.1, 0.15) is 6.92 Å². The second kappa shape index (κ2) is 5.31. The quantitative estimate of drug-likeness (QED) is 0.868. The zero-order valence-electron chi connectivity index (χ0n) is 9.85. The number of nitrogen functional groups attached to an aromatic ring is 1. The summed E-state index contributed by atoms with van der Waals surface area (Å²) in [5.41, 5.74) is 6.48. The maximum atomic E-state index is 13.6. The van der Waals surface area contributed by atoms with Crippen molar-refractivity contribution in [2.24, 2.45) is 0 Å². The molecule has 0 aliphatic heterocycles. The van der Waals surface area contributed by atoms with Crippen LogP contribution in [0, 0.1) is 5.82 Å². The van der Waals surface area contributed by atoms with E-state index in [1.165, 1.54) is 18.5 Å². The Morgan fingerprint density at radius 2 is 2.06 bits per heavy atom. The molecule has 0 saturated carbocycles. The normalized spacial score (nSPS) is 10.1. The Hall–Kier alpha value is -2.37. The van der Waals surface area contributed by atoms with Gasteiger partial charge in [-0.1, -0.05) is 0 Å². The van der Waals surface area contributed by atoms with Crippen LogP contribution in [0.15, 0.2) is 30.6 Å². The lowest BCUT2D eigenvalue weighted by Gasteiger charge is -2.08. The molecule has 0 aliphatic rings. The molecule has 18 heavy (non-hydrogen) atoms. The van der Waals surface area contributed by atoms with Gasteiger partial charge >= 0.3 is 0 Å². The van der Waals surface area contributed by atoms with E-state index in [1.54, 1.807) is 19.1 Å². The van der Waals surface area contributed by atoms with Crippen molar-refractivity contribution >= 4 is 17.3 Å². The van der Waals surface area contributed by atoms with Crippen LogP contribution in [0.5, 0.6) is 5.75 Å². The Morgan fingerprint density at radius 3 is 2.67 bits per heavy atom. The molecule has 1 aromatic carbocycles. The Kier molecular flexibility index (Phi) is 3.57. The number of nitrogens with zero attached hydrogens (tertiary/aromatic N) is 2. The van der Waals surface area contributed by atoms with E-state index in [4.69, 9.17) is 10.5 Å². The number of hydrogen-bond donors (Lipinski definition) is 2. The van der Waals surface area contributed by atoms with E-state index < -0.39 is 5.82 Å². The fourth-order valence-corrected chi connectivity index (χ4v) is 1.38. The highest BCUT2D eigenvalue weighted by Gasteiger charge is 2.05. The maximum Gasteiger partial charge on any atom is 0.227 e. The number of hydrogen-bond acceptors (Lipinski definition) is 5. The molecule has 0 saturated heterocycles. The second-order valence-corrected chi connectivity index (χ2v) is 3.54. The molecule has 2 rings (SSSR count). The number of anilines is 3. The minimum atomic E-state index is -0.433. The van der Waals surface area contributed by atoms with Crippen molar-refractivity contribution in [2.75, 3.05) is 17.7 Å². The van der Waals surface area contributed by atoms with Gasteiger partial charge in [-0.2, -0.15) is 0 Å².